The molecule has 3 heterocycles. The normalized spacial score (nSPS) is 18.2. The number of piperidine rings is 1. The van der Waals surface area contributed by atoms with Crippen molar-refractivity contribution in [2.45, 2.75) is 25.1 Å². The fraction of sp³-hybridized carbons (Fsp3) is 0.333. The Kier molecular flexibility index (Phi) is 4.43. The van der Waals surface area contributed by atoms with Crippen molar-refractivity contribution in [2.75, 3.05) is 13.1 Å². The second-order valence-corrected chi connectivity index (χ2v) is 7.36. The van der Waals surface area contributed by atoms with E-state index >= 15 is 0 Å². The summed E-state index contributed by atoms with van der Waals surface area (Å²) in [6.07, 6.45) is -1.80. The zero-order valence-corrected chi connectivity index (χ0v) is 14.9. The number of amides is 1. The Balaban J connectivity index is 1.63. The molecule has 2 aromatic heterocycles. The molecule has 0 bridgehead atoms. The van der Waals surface area contributed by atoms with Crippen LogP contribution in [0.1, 0.15) is 28.9 Å². The molecule has 9 heteroatoms. The molecule has 3 aromatic rings. The number of β-amino-alcohol motifs (C(OH)–C–C–N with tert-alkyl or cyclic N) is 1. The van der Waals surface area contributed by atoms with E-state index < -0.39 is 17.8 Å². The first-order chi connectivity index (χ1) is 12.8. The number of imidazole rings is 1. The molecule has 1 aliphatic heterocycles. The van der Waals surface area contributed by atoms with Crippen LogP contribution in [-0.2, 0) is 6.18 Å². The number of rotatable bonds is 2. The molecule has 5 nitrogen and oxygen atoms in total. The van der Waals surface area contributed by atoms with Crippen LogP contribution < -0.4 is 0 Å². The van der Waals surface area contributed by atoms with Gasteiger partial charge in [-0.3, -0.25) is 9.20 Å². The molecule has 0 saturated carbocycles. The second-order valence-electron chi connectivity index (χ2n) is 6.52. The largest absolute Gasteiger partial charge is 0.416 e. The van der Waals surface area contributed by atoms with E-state index in [4.69, 9.17) is 0 Å². The maximum atomic E-state index is 12.8. The number of aliphatic hydroxyl groups is 1. The lowest BCUT2D eigenvalue weighted by Gasteiger charge is -2.29. The first-order valence-corrected chi connectivity index (χ1v) is 9.32. The lowest BCUT2D eigenvalue weighted by molar-refractivity contribution is -0.137. The monoisotopic (exact) mass is 395 g/mol. The molecule has 1 aromatic carbocycles. The molecular weight excluding hydrogens is 379 g/mol. The topological polar surface area (TPSA) is 57.8 Å². The van der Waals surface area contributed by atoms with Crippen LogP contribution in [0.2, 0.25) is 0 Å². The number of halogens is 3. The minimum absolute atomic E-state index is 0.184. The highest BCUT2D eigenvalue weighted by Crippen LogP contribution is 2.31. The van der Waals surface area contributed by atoms with Crippen LogP contribution in [0.15, 0.2) is 35.8 Å². The Morgan fingerprint density at radius 1 is 1.26 bits per heavy atom. The number of hydrogen-bond donors (Lipinski definition) is 1. The molecule has 0 spiro atoms. The second kappa shape index (κ2) is 6.65. The minimum atomic E-state index is -4.38. The van der Waals surface area contributed by atoms with E-state index in [0.717, 1.165) is 18.6 Å². The number of thiazole rings is 1. The quantitative estimate of drug-likeness (QED) is 0.720. The Morgan fingerprint density at radius 3 is 2.67 bits per heavy atom. The van der Waals surface area contributed by atoms with E-state index in [1.54, 1.807) is 20.9 Å². The van der Waals surface area contributed by atoms with Crippen molar-refractivity contribution in [1.29, 1.82) is 0 Å². The number of hydrogen-bond acceptors (Lipinski definition) is 4. The molecule has 1 N–H and O–H groups in total. The Hall–Kier alpha value is -2.39. The summed E-state index contributed by atoms with van der Waals surface area (Å²) in [7, 11) is 0. The zero-order valence-electron chi connectivity index (χ0n) is 14.1. The van der Waals surface area contributed by atoms with Crippen LogP contribution in [0.5, 0.6) is 0 Å². The van der Waals surface area contributed by atoms with Gasteiger partial charge in [-0.2, -0.15) is 13.2 Å². The van der Waals surface area contributed by atoms with E-state index in [1.165, 1.54) is 23.5 Å². The number of aliphatic hydroxyl groups excluding tert-OH is 1. The van der Waals surface area contributed by atoms with Gasteiger partial charge < -0.3 is 10.0 Å². The number of carbonyl (C=O) groups is 1. The summed E-state index contributed by atoms with van der Waals surface area (Å²) in [4.78, 5) is 19.4. The molecule has 1 aliphatic rings. The number of likely N-dealkylation sites (tertiary alicyclic amines) is 1. The summed E-state index contributed by atoms with van der Waals surface area (Å²) in [5, 5.41) is 11.5. The van der Waals surface area contributed by atoms with Crippen molar-refractivity contribution >= 4 is 22.2 Å². The van der Waals surface area contributed by atoms with Crippen LogP contribution in [0.25, 0.3) is 16.2 Å². The SMILES string of the molecule is O=C(c1csc2nc(-c3ccc(C(F)(F)F)cc3)cn12)N1CCCC(O)C1. The summed E-state index contributed by atoms with van der Waals surface area (Å²) in [5.41, 5.74) is 0.774. The van der Waals surface area contributed by atoms with Crippen molar-refractivity contribution in [3.63, 3.8) is 0 Å². The minimum Gasteiger partial charge on any atom is -0.391 e. The van der Waals surface area contributed by atoms with Crippen LogP contribution in [0.4, 0.5) is 13.2 Å². The van der Waals surface area contributed by atoms with Gasteiger partial charge in [0.05, 0.1) is 17.4 Å². The third kappa shape index (κ3) is 3.44. The Labute approximate surface area is 156 Å². The highest BCUT2D eigenvalue weighted by Gasteiger charge is 2.30. The number of aromatic nitrogens is 2. The van der Waals surface area contributed by atoms with Gasteiger partial charge in [-0.05, 0) is 25.0 Å². The van der Waals surface area contributed by atoms with Crippen LogP contribution in [0, 0.1) is 0 Å². The molecule has 142 valence electrons. The standard InChI is InChI=1S/C18H16F3N3O2S/c19-18(20,21)12-5-3-11(4-6-12)14-9-24-15(10-27-17(24)22-14)16(26)23-7-1-2-13(25)8-23/h3-6,9-10,13,25H,1-2,7-8H2. The zero-order chi connectivity index (χ0) is 19.2. The summed E-state index contributed by atoms with van der Waals surface area (Å²) in [5.74, 6) is -0.184. The predicted octanol–water partition coefficient (Wildman–Crippen LogP) is 3.68. The maximum Gasteiger partial charge on any atom is 0.416 e. The van der Waals surface area contributed by atoms with Gasteiger partial charge >= 0.3 is 6.18 Å². The van der Waals surface area contributed by atoms with Gasteiger partial charge in [0.2, 0.25) is 0 Å². The van der Waals surface area contributed by atoms with Gasteiger partial charge in [0.25, 0.3) is 5.91 Å². The first kappa shape index (κ1) is 18.0. The fourth-order valence-electron chi connectivity index (χ4n) is 3.21. The lowest BCUT2D eigenvalue weighted by Crippen LogP contribution is -2.42. The van der Waals surface area contributed by atoms with Gasteiger partial charge in [0, 0.05) is 30.2 Å². The van der Waals surface area contributed by atoms with E-state index in [9.17, 15) is 23.1 Å². The van der Waals surface area contributed by atoms with Gasteiger partial charge in [-0.25, -0.2) is 4.98 Å². The van der Waals surface area contributed by atoms with Gasteiger partial charge in [0.15, 0.2) is 4.96 Å². The van der Waals surface area contributed by atoms with Crippen LogP contribution in [-0.4, -0.2) is 44.5 Å². The molecule has 1 unspecified atom stereocenters. The van der Waals surface area contributed by atoms with Gasteiger partial charge in [-0.1, -0.05) is 12.1 Å². The van der Waals surface area contributed by atoms with Crippen molar-refractivity contribution < 1.29 is 23.1 Å². The van der Waals surface area contributed by atoms with E-state index in [2.05, 4.69) is 4.98 Å². The van der Waals surface area contributed by atoms with E-state index in [-0.39, 0.29) is 5.91 Å². The molecule has 27 heavy (non-hydrogen) atoms. The number of carbonyl (C=O) groups excluding carboxylic acids is 1. The molecule has 0 aliphatic carbocycles. The fourth-order valence-corrected chi connectivity index (χ4v) is 4.06. The summed E-state index contributed by atoms with van der Waals surface area (Å²) < 4.78 is 39.8. The number of alkyl halides is 3. The summed E-state index contributed by atoms with van der Waals surface area (Å²) in [6.45, 7) is 0.893. The first-order valence-electron chi connectivity index (χ1n) is 8.44. The smallest absolute Gasteiger partial charge is 0.391 e. The highest BCUT2D eigenvalue weighted by molar-refractivity contribution is 7.15. The molecule has 1 amide bonds. The van der Waals surface area contributed by atoms with Crippen LogP contribution >= 0.6 is 11.3 Å². The number of fused-ring (bicyclic) bond motifs is 1. The van der Waals surface area contributed by atoms with Crippen LogP contribution in [0.3, 0.4) is 0 Å². The molecule has 1 saturated heterocycles. The number of nitrogens with zero attached hydrogens (tertiary/aromatic N) is 3. The molecule has 4 rings (SSSR count). The molecular formula is C18H16F3N3O2S. The third-order valence-electron chi connectivity index (χ3n) is 4.62. The molecule has 0 radical (unpaired) electrons. The molecule has 1 fully saturated rings. The van der Waals surface area contributed by atoms with E-state index in [0.29, 0.717) is 41.4 Å². The van der Waals surface area contributed by atoms with Crippen molar-refractivity contribution in [3.8, 4) is 11.3 Å². The average Bonchev–Trinajstić information content (AvgIpc) is 3.21. The lowest BCUT2D eigenvalue weighted by atomic mass is 10.1. The van der Waals surface area contributed by atoms with Gasteiger partial charge in [-0.15, -0.1) is 11.3 Å². The summed E-state index contributed by atoms with van der Waals surface area (Å²) in [6, 6.07) is 4.78. The summed E-state index contributed by atoms with van der Waals surface area (Å²) >= 11 is 1.29. The number of benzene rings is 1. The third-order valence-corrected chi connectivity index (χ3v) is 5.46. The predicted molar refractivity (Wildman–Crippen MR) is 94.7 cm³/mol. The van der Waals surface area contributed by atoms with E-state index in [1.807, 2.05) is 0 Å². The van der Waals surface area contributed by atoms with Crippen molar-refractivity contribution in [2.24, 2.45) is 0 Å². The van der Waals surface area contributed by atoms with Gasteiger partial charge in [0.1, 0.15) is 5.69 Å². The highest BCUT2D eigenvalue weighted by atomic mass is 32.1. The molecule has 1 atom stereocenters. The average molecular weight is 395 g/mol. The maximum absolute atomic E-state index is 12.8. The van der Waals surface area contributed by atoms with Crippen molar-refractivity contribution in [1.82, 2.24) is 14.3 Å². The Morgan fingerprint density at radius 2 is 2.00 bits per heavy atom. The Bertz CT molecular complexity index is 978. The van der Waals surface area contributed by atoms with Crippen molar-refractivity contribution in [3.05, 3.63) is 47.1 Å².